The number of anilines is 1. The van der Waals surface area contributed by atoms with Crippen LogP contribution >= 0.6 is 0 Å². The molecular weight excluding hydrogens is 283 g/mol. The number of aromatic nitrogens is 2. The molecular formula is C16H13FN4O. The van der Waals surface area contributed by atoms with E-state index in [1.54, 1.807) is 30.5 Å². The quantitative estimate of drug-likeness (QED) is 0.775. The fourth-order valence-corrected chi connectivity index (χ4v) is 2.30. The van der Waals surface area contributed by atoms with Crippen LogP contribution in [0, 0.1) is 5.82 Å². The average molecular weight is 296 g/mol. The van der Waals surface area contributed by atoms with Gasteiger partial charge in [-0.1, -0.05) is 12.1 Å². The van der Waals surface area contributed by atoms with E-state index >= 15 is 0 Å². The van der Waals surface area contributed by atoms with E-state index in [0.29, 0.717) is 23.3 Å². The van der Waals surface area contributed by atoms with Gasteiger partial charge in [-0.05, 0) is 29.8 Å². The van der Waals surface area contributed by atoms with Crippen LogP contribution in [0.2, 0.25) is 0 Å². The minimum atomic E-state index is -0.578. The van der Waals surface area contributed by atoms with E-state index in [9.17, 15) is 9.18 Å². The molecule has 22 heavy (non-hydrogen) atoms. The van der Waals surface area contributed by atoms with Crippen molar-refractivity contribution in [3.63, 3.8) is 0 Å². The highest BCUT2D eigenvalue weighted by Gasteiger charge is 2.14. The predicted octanol–water partition coefficient (Wildman–Crippen LogP) is 2.48. The van der Waals surface area contributed by atoms with E-state index in [1.165, 1.54) is 18.5 Å². The number of nitrogens with two attached hydrogens (primary N) is 1. The van der Waals surface area contributed by atoms with E-state index in [0.717, 1.165) is 10.9 Å². The molecule has 0 fully saturated rings. The third kappa shape index (κ3) is 2.71. The van der Waals surface area contributed by atoms with Gasteiger partial charge < -0.3 is 11.1 Å². The minimum Gasteiger partial charge on any atom is -0.380 e. The molecule has 0 aliphatic carbocycles. The number of nitrogens with one attached hydrogen (secondary N) is 1. The van der Waals surface area contributed by atoms with E-state index in [1.807, 2.05) is 0 Å². The van der Waals surface area contributed by atoms with Crippen molar-refractivity contribution in [1.29, 1.82) is 0 Å². The number of amides is 1. The SMILES string of the molecule is NC(=O)c1c(NCc2cccc(F)c2)ccc2cncnc12. The first-order valence-corrected chi connectivity index (χ1v) is 6.66. The molecule has 1 aromatic heterocycles. The summed E-state index contributed by atoms with van der Waals surface area (Å²) < 4.78 is 13.2. The van der Waals surface area contributed by atoms with Gasteiger partial charge in [0.25, 0.3) is 5.91 Å². The maximum absolute atomic E-state index is 13.2. The molecule has 110 valence electrons. The van der Waals surface area contributed by atoms with Gasteiger partial charge in [-0.25, -0.2) is 14.4 Å². The number of nitrogens with zero attached hydrogens (tertiary/aromatic N) is 2. The molecule has 1 amide bonds. The van der Waals surface area contributed by atoms with Crippen molar-refractivity contribution in [3.8, 4) is 0 Å². The molecule has 0 aliphatic heterocycles. The molecule has 0 saturated heterocycles. The Labute approximate surface area is 126 Å². The zero-order chi connectivity index (χ0) is 15.5. The molecule has 2 aromatic carbocycles. The summed E-state index contributed by atoms with van der Waals surface area (Å²) in [7, 11) is 0. The summed E-state index contributed by atoms with van der Waals surface area (Å²) in [5, 5.41) is 3.83. The number of fused-ring (bicyclic) bond motifs is 1. The van der Waals surface area contributed by atoms with Crippen molar-refractivity contribution in [3.05, 3.63) is 65.9 Å². The molecule has 0 saturated carbocycles. The lowest BCUT2D eigenvalue weighted by Crippen LogP contribution is -2.15. The number of benzene rings is 2. The number of hydrogen-bond acceptors (Lipinski definition) is 4. The molecule has 6 heteroatoms. The van der Waals surface area contributed by atoms with Gasteiger partial charge in [-0.2, -0.15) is 0 Å². The molecule has 0 radical (unpaired) electrons. The van der Waals surface area contributed by atoms with Gasteiger partial charge in [-0.15, -0.1) is 0 Å². The van der Waals surface area contributed by atoms with Crippen molar-refractivity contribution in [2.75, 3.05) is 5.32 Å². The summed E-state index contributed by atoms with van der Waals surface area (Å²) in [6.45, 7) is 0.370. The summed E-state index contributed by atoms with van der Waals surface area (Å²) in [5.74, 6) is -0.883. The Bertz CT molecular complexity index is 850. The molecule has 0 spiro atoms. The Morgan fingerprint density at radius 2 is 2.14 bits per heavy atom. The van der Waals surface area contributed by atoms with Crippen LogP contribution in [0.25, 0.3) is 10.9 Å². The standard InChI is InChI=1S/C16H13FN4O/c17-12-3-1-2-10(6-12)7-20-13-5-4-11-8-19-9-21-15(11)14(13)16(18)22/h1-6,8-9,20H,7H2,(H2,18,22). The number of hydrogen-bond donors (Lipinski definition) is 2. The smallest absolute Gasteiger partial charge is 0.253 e. The highest BCUT2D eigenvalue weighted by atomic mass is 19.1. The second kappa shape index (κ2) is 5.77. The van der Waals surface area contributed by atoms with E-state index in [4.69, 9.17) is 5.73 Å². The second-order valence-electron chi connectivity index (χ2n) is 4.80. The van der Waals surface area contributed by atoms with E-state index < -0.39 is 5.91 Å². The van der Waals surface area contributed by atoms with Crippen molar-refractivity contribution in [2.45, 2.75) is 6.54 Å². The first-order valence-electron chi connectivity index (χ1n) is 6.66. The van der Waals surface area contributed by atoms with Crippen LogP contribution in [-0.4, -0.2) is 15.9 Å². The van der Waals surface area contributed by atoms with Crippen molar-refractivity contribution in [2.24, 2.45) is 5.73 Å². The Morgan fingerprint density at radius 3 is 2.91 bits per heavy atom. The molecule has 0 aliphatic rings. The second-order valence-corrected chi connectivity index (χ2v) is 4.80. The molecule has 0 unspecified atom stereocenters. The van der Waals surface area contributed by atoms with Crippen LogP contribution in [0.4, 0.5) is 10.1 Å². The molecule has 0 atom stereocenters. The largest absolute Gasteiger partial charge is 0.380 e. The average Bonchev–Trinajstić information content (AvgIpc) is 2.52. The van der Waals surface area contributed by atoms with Gasteiger partial charge in [0.05, 0.1) is 11.1 Å². The Balaban J connectivity index is 1.96. The van der Waals surface area contributed by atoms with Crippen LogP contribution in [-0.2, 0) is 6.54 Å². The maximum Gasteiger partial charge on any atom is 0.253 e. The summed E-state index contributed by atoms with van der Waals surface area (Å²) in [4.78, 5) is 19.8. The fourth-order valence-electron chi connectivity index (χ4n) is 2.30. The fraction of sp³-hybridized carbons (Fsp3) is 0.0625. The number of halogens is 1. The zero-order valence-electron chi connectivity index (χ0n) is 11.6. The summed E-state index contributed by atoms with van der Waals surface area (Å²) in [5.41, 5.74) is 7.59. The highest BCUT2D eigenvalue weighted by Crippen LogP contribution is 2.24. The number of primary amides is 1. The molecule has 3 N–H and O–H groups in total. The number of rotatable bonds is 4. The summed E-state index contributed by atoms with van der Waals surface area (Å²) >= 11 is 0. The number of carbonyl (C=O) groups excluding carboxylic acids is 1. The third-order valence-electron chi connectivity index (χ3n) is 3.29. The molecule has 3 rings (SSSR count). The minimum absolute atomic E-state index is 0.302. The van der Waals surface area contributed by atoms with Gasteiger partial charge in [0.1, 0.15) is 12.1 Å². The lowest BCUT2D eigenvalue weighted by atomic mass is 10.1. The van der Waals surface area contributed by atoms with Crippen LogP contribution in [0.3, 0.4) is 0 Å². The highest BCUT2D eigenvalue weighted by molar-refractivity contribution is 6.09. The van der Waals surface area contributed by atoms with Crippen LogP contribution in [0.1, 0.15) is 15.9 Å². The monoisotopic (exact) mass is 296 g/mol. The van der Waals surface area contributed by atoms with E-state index in [-0.39, 0.29) is 5.82 Å². The third-order valence-corrected chi connectivity index (χ3v) is 3.29. The van der Waals surface area contributed by atoms with Gasteiger partial charge in [0.15, 0.2) is 0 Å². The Morgan fingerprint density at radius 1 is 1.27 bits per heavy atom. The van der Waals surface area contributed by atoms with Crippen molar-refractivity contribution in [1.82, 2.24) is 9.97 Å². The van der Waals surface area contributed by atoms with Gasteiger partial charge in [0, 0.05) is 23.8 Å². The van der Waals surface area contributed by atoms with Crippen LogP contribution in [0.5, 0.6) is 0 Å². The summed E-state index contributed by atoms with van der Waals surface area (Å²) in [6.07, 6.45) is 2.98. The zero-order valence-corrected chi connectivity index (χ0v) is 11.6. The van der Waals surface area contributed by atoms with Gasteiger partial charge in [0.2, 0.25) is 0 Å². The van der Waals surface area contributed by atoms with Crippen LogP contribution in [0.15, 0.2) is 48.9 Å². The topological polar surface area (TPSA) is 80.9 Å². The first-order chi connectivity index (χ1) is 10.6. The Hall–Kier alpha value is -3.02. The molecule has 0 bridgehead atoms. The Kier molecular flexibility index (Phi) is 3.65. The summed E-state index contributed by atoms with van der Waals surface area (Å²) in [6, 6.07) is 9.78. The van der Waals surface area contributed by atoms with Crippen LogP contribution < -0.4 is 11.1 Å². The van der Waals surface area contributed by atoms with Gasteiger partial charge >= 0.3 is 0 Å². The number of carbonyl (C=O) groups is 1. The first kappa shape index (κ1) is 13.9. The maximum atomic E-state index is 13.2. The van der Waals surface area contributed by atoms with Gasteiger partial charge in [-0.3, -0.25) is 4.79 Å². The van der Waals surface area contributed by atoms with Crippen molar-refractivity contribution >= 4 is 22.5 Å². The molecule has 1 heterocycles. The van der Waals surface area contributed by atoms with Crippen molar-refractivity contribution < 1.29 is 9.18 Å². The predicted molar refractivity (Wildman–Crippen MR) is 81.8 cm³/mol. The molecule has 3 aromatic rings. The lowest BCUT2D eigenvalue weighted by molar-refractivity contribution is 0.100. The normalized spacial score (nSPS) is 10.6. The molecule has 5 nitrogen and oxygen atoms in total. The lowest BCUT2D eigenvalue weighted by Gasteiger charge is -2.12. The van der Waals surface area contributed by atoms with E-state index in [2.05, 4.69) is 15.3 Å².